The first-order valence-electron chi connectivity index (χ1n) is 5.59. The number of rotatable bonds is 8. The molecule has 82 valence electrons. The van der Waals surface area contributed by atoms with E-state index < -0.39 is 0 Å². The summed E-state index contributed by atoms with van der Waals surface area (Å²) in [6.45, 7) is 6.12. The number of hydrogen-bond acceptors (Lipinski definition) is 2. The molecule has 0 fully saturated rings. The van der Waals surface area contributed by atoms with Crippen molar-refractivity contribution in [3.63, 3.8) is 0 Å². The van der Waals surface area contributed by atoms with Crippen LogP contribution in [0, 0.1) is 5.92 Å². The van der Waals surface area contributed by atoms with Crippen LogP contribution in [0.5, 0.6) is 0 Å². The number of carbonyl (C=O) groups excluding carboxylic acids is 2. The first-order chi connectivity index (χ1) is 6.56. The van der Waals surface area contributed by atoms with E-state index in [1.165, 1.54) is 0 Å². The maximum absolute atomic E-state index is 11.3. The smallest absolute Gasteiger partial charge is 0.133 e. The molecule has 0 aliphatic rings. The highest BCUT2D eigenvalue weighted by atomic mass is 16.1. The molecule has 0 rings (SSSR count). The topological polar surface area (TPSA) is 34.1 Å². The van der Waals surface area contributed by atoms with Crippen LogP contribution in [0.15, 0.2) is 0 Å². The zero-order chi connectivity index (χ0) is 11.0. The monoisotopic (exact) mass is 198 g/mol. The Bertz CT molecular complexity index is 183. The van der Waals surface area contributed by atoms with Gasteiger partial charge in [0.25, 0.3) is 0 Å². The summed E-state index contributed by atoms with van der Waals surface area (Å²) in [5, 5.41) is 0. The molecule has 0 bridgehead atoms. The van der Waals surface area contributed by atoms with E-state index in [2.05, 4.69) is 6.92 Å². The average molecular weight is 198 g/mol. The van der Waals surface area contributed by atoms with Crippen LogP contribution in [-0.4, -0.2) is 11.6 Å². The average Bonchev–Trinajstić information content (AvgIpc) is 2.10. The Morgan fingerprint density at radius 2 is 1.57 bits per heavy atom. The molecule has 0 atom stereocenters. The molecule has 0 amide bonds. The molecule has 0 radical (unpaired) electrons. The van der Waals surface area contributed by atoms with Gasteiger partial charge in [0.05, 0.1) is 0 Å². The fraction of sp³-hybridized carbons (Fsp3) is 0.833. The van der Waals surface area contributed by atoms with Crippen molar-refractivity contribution in [3.8, 4) is 0 Å². The summed E-state index contributed by atoms with van der Waals surface area (Å²) < 4.78 is 0. The van der Waals surface area contributed by atoms with Crippen LogP contribution >= 0.6 is 0 Å². The van der Waals surface area contributed by atoms with Crippen molar-refractivity contribution in [2.24, 2.45) is 5.92 Å². The summed E-state index contributed by atoms with van der Waals surface area (Å²) in [4.78, 5) is 22.5. The minimum Gasteiger partial charge on any atom is -0.300 e. The van der Waals surface area contributed by atoms with Crippen molar-refractivity contribution in [2.75, 3.05) is 0 Å². The number of carbonyl (C=O) groups is 2. The molecule has 0 unspecified atom stereocenters. The third-order valence-corrected chi connectivity index (χ3v) is 2.13. The highest BCUT2D eigenvalue weighted by molar-refractivity contribution is 5.85. The van der Waals surface area contributed by atoms with Gasteiger partial charge in [-0.2, -0.15) is 0 Å². The molecule has 0 aliphatic carbocycles. The maximum atomic E-state index is 11.3. The first-order valence-corrected chi connectivity index (χ1v) is 5.59. The van der Waals surface area contributed by atoms with Crippen molar-refractivity contribution in [1.82, 2.24) is 0 Å². The Morgan fingerprint density at radius 3 is 2.07 bits per heavy atom. The van der Waals surface area contributed by atoms with Crippen LogP contribution in [0.1, 0.15) is 59.3 Å². The molecule has 0 aromatic carbocycles. The summed E-state index contributed by atoms with van der Waals surface area (Å²) in [6.07, 6.45) is 4.15. The molecule has 0 aliphatic heterocycles. The Balaban J connectivity index is 3.51. The molecular formula is C12H22O2. The molecule has 0 saturated heterocycles. The van der Waals surface area contributed by atoms with Gasteiger partial charge in [0.15, 0.2) is 0 Å². The van der Waals surface area contributed by atoms with Crippen molar-refractivity contribution in [1.29, 1.82) is 0 Å². The van der Waals surface area contributed by atoms with E-state index in [0.717, 1.165) is 12.8 Å². The van der Waals surface area contributed by atoms with E-state index >= 15 is 0 Å². The second-order valence-electron chi connectivity index (χ2n) is 4.28. The van der Waals surface area contributed by atoms with E-state index in [4.69, 9.17) is 0 Å². The Hall–Kier alpha value is -0.660. The summed E-state index contributed by atoms with van der Waals surface area (Å²) in [5.74, 6) is 0.877. The number of Topliss-reactive ketones (excluding diaryl/α,β-unsaturated/α-hetero) is 2. The fourth-order valence-electron chi connectivity index (χ4n) is 1.34. The minimum atomic E-state index is 0.227. The van der Waals surface area contributed by atoms with Gasteiger partial charge in [-0.15, -0.1) is 0 Å². The molecule has 0 aromatic heterocycles. The molecular weight excluding hydrogens is 176 g/mol. The van der Waals surface area contributed by atoms with Crippen LogP contribution in [0.2, 0.25) is 0 Å². The highest BCUT2D eigenvalue weighted by Crippen LogP contribution is 2.07. The van der Waals surface area contributed by atoms with Crippen LogP contribution in [0.25, 0.3) is 0 Å². The second kappa shape index (κ2) is 7.72. The lowest BCUT2D eigenvalue weighted by atomic mass is 10.0. The SMILES string of the molecule is CCCCC(=O)CCC(=O)CC(C)C. The van der Waals surface area contributed by atoms with Crippen molar-refractivity contribution in [2.45, 2.75) is 59.3 Å². The quantitative estimate of drug-likeness (QED) is 0.600. The number of hydrogen-bond donors (Lipinski definition) is 0. The zero-order valence-electron chi connectivity index (χ0n) is 9.64. The van der Waals surface area contributed by atoms with Gasteiger partial charge in [-0.05, 0) is 12.3 Å². The third-order valence-electron chi connectivity index (χ3n) is 2.13. The molecule has 0 heterocycles. The number of ketones is 2. The highest BCUT2D eigenvalue weighted by Gasteiger charge is 2.08. The standard InChI is InChI=1S/C12H22O2/c1-4-5-6-11(13)7-8-12(14)9-10(2)3/h10H,4-9H2,1-3H3. The molecule has 2 heteroatoms. The number of unbranched alkanes of at least 4 members (excludes halogenated alkanes) is 1. The van der Waals surface area contributed by atoms with Gasteiger partial charge in [-0.3, -0.25) is 9.59 Å². The second-order valence-corrected chi connectivity index (χ2v) is 4.28. The molecule has 0 spiro atoms. The van der Waals surface area contributed by atoms with Gasteiger partial charge in [0.1, 0.15) is 11.6 Å². The minimum absolute atomic E-state index is 0.227. The summed E-state index contributed by atoms with van der Waals surface area (Å²) >= 11 is 0. The van der Waals surface area contributed by atoms with Gasteiger partial charge in [-0.1, -0.05) is 27.2 Å². The molecule has 0 saturated carbocycles. The van der Waals surface area contributed by atoms with Crippen LogP contribution in [0.3, 0.4) is 0 Å². The fourth-order valence-corrected chi connectivity index (χ4v) is 1.34. The van der Waals surface area contributed by atoms with Crippen molar-refractivity contribution in [3.05, 3.63) is 0 Å². The molecule has 0 N–H and O–H groups in total. The van der Waals surface area contributed by atoms with Gasteiger partial charge < -0.3 is 0 Å². The largest absolute Gasteiger partial charge is 0.300 e. The van der Waals surface area contributed by atoms with Crippen LogP contribution in [-0.2, 0) is 9.59 Å². The predicted molar refractivity (Wildman–Crippen MR) is 58.2 cm³/mol. The first kappa shape index (κ1) is 13.3. The van der Waals surface area contributed by atoms with E-state index in [0.29, 0.717) is 31.6 Å². The van der Waals surface area contributed by atoms with Gasteiger partial charge in [0.2, 0.25) is 0 Å². The van der Waals surface area contributed by atoms with Crippen molar-refractivity contribution < 1.29 is 9.59 Å². The normalized spacial score (nSPS) is 10.6. The van der Waals surface area contributed by atoms with Gasteiger partial charge >= 0.3 is 0 Å². The van der Waals surface area contributed by atoms with E-state index in [1.54, 1.807) is 0 Å². The molecule has 0 aromatic rings. The van der Waals surface area contributed by atoms with Crippen LogP contribution in [0.4, 0.5) is 0 Å². The maximum Gasteiger partial charge on any atom is 0.133 e. The summed E-state index contributed by atoms with van der Waals surface area (Å²) in [5.41, 5.74) is 0. The zero-order valence-corrected chi connectivity index (χ0v) is 9.64. The van der Waals surface area contributed by atoms with E-state index in [-0.39, 0.29) is 11.6 Å². The van der Waals surface area contributed by atoms with Gasteiger partial charge in [0, 0.05) is 25.7 Å². The lowest BCUT2D eigenvalue weighted by Gasteiger charge is -2.03. The van der Waals surface area contributed by atoms with E-state index in [9.17, 15) is 9.59 Å². The van der Waals surface area contributed by atoms with Gasteiger partial charge in [-0.25, -0.2) is 0 Å². The molecule has 14 heavy (non-hydrogen) atoms. The lowest BCUT2D eigenvalue weighted by Crippen LogP contribution is -2.06. The Labute approximate surface area is 87.1 Å². The Kier molecular flexibility index (Phi) is 7.35. The van der Waals surface area contributed by atoms with Crippen molar-refractivity contribution >= 4 is 11.6 Å². The summed E-state index contributed by atoms with van der Waals surface area (Å²) in [6, 6.07) is 0. The van der Waals surface area contributed by atoms with Crippen LogP contribution < -0.4 is 0 Å². The predicted octanol–water partition coefficient (Wildman–Crippen LogP) is 3.14. The lowest BCUT2D eigenvalue weighted by molar-refractivity contribution is -0.124. The Morgan fingerprint density at radius 1 is 1.00 bits per heavy atom. The summed E-state index contributed by atoms with van der Waals surface area (Å²) in [7, 11) is 0. The molecule has 2 nitrogen and oxygen atoms in total. The third kappa shape index (κ3) is 7.96. The van der Waals surface area contributed by atoms with E-state index in [1.807, 2.05) is 13.8 Å².